The largest absolute Gasteiger partial charge is 0.258 e. The maximum atomic E-state index is 4.01. The van der Waals surface area contributed by atoms with E-state index in [1.807, 2.05) is 38.2 Å². The first-order valence-electron chi connectivity index (χ1n) is 3.28. The van der Waals surface area contributed by atoms with Crippen molar-refractivity contribution in [3.8, 4) is 0 Å². The van der Waals surface area contributed by atoms with Crippen LogP contribution in [0.4, 0.5) is 0 Å². The molecule has 0 radical (unpaired) electrons. The second-order valence-corrected chi connectivity index (χ2v) is 1.80. The molecule has 0 aliphatic heterocycles. The van der Waals surface area contributed by atoms with Crippen molar-refractivity contribution in [1.29, 1.82) is 0 Å². The van der Waals surface area contributed by atoms with Crippen molar-refractivity contribution in [2.45, 2.75) is 13.8 Å². The molecule has 0 bridgehead atoms. The lowest BCUT2D eigenvalue weighted by Crippen LogP contribution is -1.68. The van der Waals surface area contributed by atoms with Crippen molar-refractivity contribution < 1.29 is 0 Å². The minimum absolute atomic E-state index is 0.778. The van der Waals surface area contributed by atoms with Gasteiger partial charge in [0.25, 0.3) is 0 Å². The monoisotopic (exact) mass is 135 g/mol. The molecular formula is C9H13N. The Morgan fingerprint density at radius 1 is 1.30 bits per heavy atom. The van der Waals surface area contributed by atoms with Crippen molar-refractivity contribution in [1.82, 2.24) is 0 Å². The van der Waals surface area contributed by atoms with Gasteiger partial charge in [0.15, 0.2) is 0 Å². The van der Waals surface area contributed by atoms with Crippen LogP contribution < -0.4 is 0 Å². The zero-order valence-electron chi connectivity index (χ0n) is 6.54. The number of aliphatic imine (C=N–C) groups is 1. The van der Waals surface area contributed by atoms with Crippen molar-refractivity contribution in [2.24, 2.45) is 4.99 Å². The molecule has 0 heterocycles. The molecule has 0 aromatic carbocycles. The number of allylic oxidation sites excluding steroid dienone is 4. The first kappa shape index (κ1) is 8.89. The highest BCUT2D eigenvalue weighted by atomic mass is 14.7. The van der Waals surface area contributed by atoms with Crippen LogP contribution >= 0.6 is 0 Å². The predicted molar refractivity (Wildman–Crippen MR) is 47.3 cm³/mol. The van der Waals surface area contributed by atoms with E-state index in [0.717, 1.165) is 5.70 Å². The second-order valence-electron chi connectivity index (χ2n) is 1.80. The third-order valence-corrected chi connectivity index (χ3v) is 0.878. The van der Waals surface area contributed by atoms with E-state index in [4.69, 9.17) is 0 Å². The predicted octanol–water partition coefficient (Wildman–Crippen LogP) is 2.72. The van der Waals surface area contributed by atoms with E-state index in [1.165, 1.54) is 0 Å². The fourth-order valence-electron chi connectivity index (χ4n) is 0.460. The van der Waals surface area contributed by atoms with Gasteiger partial charge in [-0.3, -0.25) is 4.99 Å². The minimum atomic E-state index is 0.778. The van der Waals surface area contributed by atoms with Crippen LogP contribution in [-0.4, -0.2) is 6.21 Å². The number of rotatable bonds is 3. The highest BCUT2D eigenvalue weighted by Crippen LogP contribution is 1.92. The van der Waals surface area contributed by atoms with Crippen LogP contribution in [0.5, 0.6) is 0 Å². The average Bonchev–Trinajstić information content (AvgIpc) is 1.89. The topological polar surface area (TPSA) is 12.4 Å². The van der Waals surface area contributed by atoms with E-state index in [-0.39, 0.29) is 0 Å². The minimum Gasteiger partial charge on any atom is -0.258 e. The van der Waals surface area contributed by atoms with E-state index in [2.05, 4.69) is 11.6 Å². The lowest BCUT2D eigenvalue weighted by atomic mass is 10.4. The number of nitrogens with zero attached hydrogens (tertiary/aromatic N) is 1. The summed E-state index contributed by atoms with van der Waals surface area (Å²) in [7, 11) is 0. The van der Waals surface area contributed by atoms with E-state index >= 15 is 0 Å². The SMILES string of the molecule is C=C(/C=C\C)N=C/C=C\C. The maximum absolute atomic E-state index is 4.01. The summed E-state index contributed by atoms with van der Waals surface area (Å²) >= 11 is 0. The lowest BCUT2D eigenvalue weighted by Gasteiger charge is -1.83. The summed E-state index contributed by atoms with van der Waals surface area (Å²) < 4.78 is 0. The van der Waals surface area contributed by atoms with Gasteiger partial charge >= 0.3 is 0 Å². The molecule has 1 nitrogen and oxygen atoms in total. The van der Waals surface area contributed by atoms with Gasteiger partial charge in [-0.05, 0) is 26.0 Å². The molecule has 0 N–H and O–H groups in total. The van der Waals surface area contributed by atoms with Gasteiger partial charge in [-0.15, -0.1) is 0 Å². The van der Waals surface area contributed by atoms with E-state index in [0.29, 0.717) is 0 Å². The summed E-state index contributed by atoms with van der Waals surface area (Å²) in [6, 6.07) is 0. The molecule has 0 aliphatic rings. The zero-order valence-corrected chi connectivity index (χ0v) is 6.54. The molecule has 0 amide bonds. The molecule has 0 fully saturated rings. The molecular weight excluding hydrogens is 122 g/mol. The smallest absolute Gasteiger partial charge is 0.0554 e. The summed E-state index contributed by atoms with van der Waals surface area (Å²) in [5.74, 6) is 0. The van der Waals surface area contributed by atoms with E-state index in [1.54, 1.807) is 6.21 Å². The van der Waals surface area contributed by atoms with Crippen molar-refractivity contribution in [3.63, 3.8) is 0 Å². The Balaban J connectivity index is 3.78. The van der Waals surface area contributed by atoms with E-state index < -0.39 is 0 Å². The van der Waals surface area contributed by atoms with Gasteiger partial charge < -0.3 is 0 Å². The Morgan fingerprint density at radius 2 is 2.00 bits per heavy atom. The first-order valence-corrected chi connectivity index (χ1v) is 3.28. The quantitative estimate of drug-likeness (QED) is 0.417. The van der Waals surface area contributed by atoms with Crippen LogP contribution in [0.15, 0.2) is 41.6 Å². The number of hydrogen-bond acceptors (Lipinski definition) is 1. The molecule has 0 atom stereocenters. The molecule has 0 spiro atoms. The van der Waals surface area contributed by atoms with Gasteiger partial charge in [0, 0.05) is 6.21 Å². The maximum Gasteiger partial charge on any atom is 0.0554 e. The van der Waals surface area contributed by atoms with Crippen LogP contribution in [0.1, 0.15) is 13.8 Å². The molecule has 0 aromatic heterocycles. The molecule has 1 heteroatoms. The normalized spacial score (nSPS) is 12.2. The molecule has 0 unspecified atom stereocenters. The molecule has 0 saturated carbocycles. The van der Waals surface area contributed by atoms with Gasteiger partial charge in [0.2, 0.25) is 0 Å². The van der Waals surface area contributed by atoms with Crippen LogP contribution in [0.25, 0.3) is 0 Å². The second kappa shape index (κ2) is 6.02. The third-order valence-electron chi connectivity index (χ3n) is 0.878. The van der Waals surface area contributed by atoms with Crippen molar-refractivity contribution in [2.75, 3.05) is 0 Å². The molecule has 10 heavy (non-hydrogen) atoms. The highest BCUT2D eigenvalue weighted by molar-refractivity contribution is 5.72. The Morgan fingerprint density at radius 3 is 2.50 bits per heavy atom. The summed E-state index contributed by atoms with van der Waals surface area (Å²) in [6.07, 6.45) is 9.29. The molecule has 0 aliphatic carbocycles. The summed E-state index contributed by atoms with van der Waals surface area (Å²) in [5.41, 5.74) is 0.778. The van der Waals surface area contributed by atoms with Gasteiger partial charge in [0.1, 0.15) is 0 Å². The Bertz CT molecular complexity index is 173. The Kier molecular flexibility index (Phi) is 5.35. The fourth-order valence-corrected chi connectivity index (χ4v) is 0.460. The third kappa shape index (κ3) is 5.04. The Hall–Kier alpha value is -1.11. The van der Waals surface area contributed by atoms with Crippen LogP contribution in [0.2, 0.25) is 0 Å². The van der Waals surface area contributed by atoms with Crippen LogP contribution in [-0.2, 0) is 0 Å². The Labute approximate surface area is 62.5 Å². The molecule has 54 valence electrons. The molecule has 0 aromatic rings. The molecule has 0 saturated heterocycles. The lowest BCUT2D eigenvalue weighted by molar-refractivity contribution is 1.44. The average molecular weight is 135 g/mol. The van der Waals surface area contributed by atoms with Gasteiger partial charge in [0.05, 0.1) is 5.70 Å². The van der Waals surface area contributed by atoms with Gasteiger partial charge in [-0.2, -0.15) is 0 Å². The zero-order chi connectivity index (χ0) is 7.82. The van der Waals surface area contributed by atoms with Crippen molar-refractivity contribution in [3.05, 3.63) is 36.6 Å². The van der Waals surface area contributed by atoms with Crippen LogP contribution in [0.3, 0.4) is 0 Å². The summed E-state index contributed by atoms with van der Waals surface area (Å²) in [6.45, 7) is 7.59. The van der Waals surface area contributed by atoms with Crippen molar-refractivity contribution >= 4 is 6.21 Å². The van der Waals surface area contributed by atoms with Gasteiger partial charge in [-0.1, -0.05) is 18.7 Å². The summed E-state index contributed by atoms with van der Waals surface area (Å²) in [5, 5.41) is 0. The first-order chi connectivity index (χ1) is 4.81. The van der Waals surface area contributed by atoms with E-state index in [9.17, 15) is 0 Å². The summed E-state index contributed by atoms with van der Waals surface area (Å²) in [4.78, 5) is 4.01. The molecule has 0 rings (SSSR count). The highest BCUT2D eigenvalue weighted by Gasteiger charge is 1.74. The van der Waals surface area contributed by atoms with Crippen LogP contribution in [0, 0.1) is 0 Å². The standard InChI is InChI=1S/C9H13N/c1-4-6-8-10-9(3)7-5-2/h4-8H,3H2,1-2H3/b6-4-,7-5-,10-8?. The van der Waals surface area contributed by atoms with Gasteiger partial charge in [-0.25, -0.2) is 0 Å². The fraction of sp³-hybridized carbons (Fsp3) is 0.222. The number of hydrogen-bond donors (Lipinski definition) is 0.